The van der Waals surface area contributed by atoms with Crippen LogP contribution in [0.5, 0.6) is 0 Å². The molecule has 0 aliphatic carbocycles. The van der Waals surface area contributed by atoms with E-state index in [0.29, 0.717) is 5.16 Å². The zero-order valence-corrected chi connectivity index (χ0v) is 11.5. The number of para-hydroxylation sites is 2. The van der Waals surface area contributed by atoms with Crippen molar-refractivity contribution in [3.8, 4) is 11.4 Å². The average Bonchev–Trinajstić information content (AvgIpc) is 2.76. The Hall–Kier alpha value is -2.07. The standard InChI is InChI=1S/C15H13N3S/c1-12-17(13-8-4-2-5-9-13)15(19)16-18(12)14-10-6-3-7-11-14/h2-11H,1H3/p+1. The number of nitrogens with zero attached hydrogens (tertiary/aromatic N) is 3. The van der Waals surface area contributed by atoms with Gasteiger partial charge in [-0.15, -0.1) is 0 Å². The van der Waals surface area contributed by atoms with E-state index in [9.17, 15) is 0 Å². The van der Waals surface area contributed by atoms with Crippen LogP contribution in [0.4, 0.5) is 0 Å². The molecule has 0 amide bonds. The lowest BCUT2D eigenvalue weighted by Crippen LogP contribution is -2.36. The summed E-state index contributed by atoms with van der Waals surface area (Å²) in [5, 5.41) is 5.17. The van der Waals surface area contributed by atoms with E-state index in [1.54, 1.807) is 0 Å². The number of benzene rings is 2. The van der Waals surface area contributed by atoms with Crippen LogP contribution in [0.1, 0.15) is 5.82 Å². The van der Waals surface area contributed by atoms with Crippen LogP contribution in [-0.2, 0) is 0 Å². The molecule has 0 aliphatic rings. The molecule has 94 valence electrons. The van der Waals surface area contributed by atoms with Crippen molar-refractivity contribution in [3.05, 3.63) is 66.5 Å². The van der Waals surface area contributed by atoms with Gasteiger partial charge >= 0.3 is 0 Å². The largest absolute Gasteiger partial charge is 0.297 e. The molecule has 1 heterocycles. The predicted octanol–water partition coefficient (Wildman–Crippen LogP) is 2.75. The predicted molar refractivity (Wildman–Crippen MR) is 77.1 cm³/mol. The van der Waals surface area contributed by atoms with E-state index in [4.69, 9.17) is 0 Å². The van der Waals surface area contributed by atoms with E-state index < -0.39 is 0 Å². The average molecular weight is 268 g/mol. The molecule has 3 aromatic rings. The smallest absolute Gasteiger partial charge is 0.170 e. The fourth-order valence-electron chi connectivity index (χ4n) is 2.14. The van der Waals surface area contributed by atoms with E-state index in [1.165, 1.54) is 0 Å². The van der Waals surface area contributed by atoms with Crippen molar-refractivity contribution in [1.82, 2.24) is 9.67 Å². The molecule has 0 fully saturated rings. The van der Waals surface area contributed by atoms with Crippen LogP contribution in [0, 0.1) is 6.92 Å². The molecular formula is C15H14N3S+. The van der Waals surface area contributed by atoms with Gasteiger partial charge in [-0.05, 0) is 29.4 Å². The van der Waals surface area contributed by atoms with Crippen LogP contribution in [0.2, 0.25) is 0 Å². The number of hydrogen-bond donors (Lipinski definition) is 1. The zero-order chi connectivity index (χ0) is 13.2. The van der Waals surface area contributed by atoms with Crippen molar-refractivity contribution < 1.29 is 4.68 Å². The molecule has 19 heavy (non-hydrogen) atoms. The topological polar surface area (TPSA) is 21.7 Å². The first-order chi connectivity index (χ1) is 9.27. The van der Waals surface area contributed by atoms with Gasteiger partial charge in [0.1, 0.15) is 5.69 Å². The van der Waals surface area contributed by atoms with Crippen LogP contribution in [0.3, 0.4) is 0 Å². The van der Waals surface area contributed by atoms with Gasteiger partial charge in [0.05, 0.1) is 0 Å². The molecule has 0 spiro atoms. The molecule has 0 unspecified atom stereocenters. The van der Waals surface area contributed by atoms with E-state index in [0.717, 1.165) is 17.2 Å². The van der Waals surface area contributed by atoms with Crippen molar-refractivity contribution in [2.75, 3.05) is 0 Å². The SMILES string of the molecule is Cc1n(-c2ccccc2)c(S)n[n+]1-c1ccccc1. The summed E-state index contributed by atoms with van der Waals surface area (Å²) in [5.74, 6) is 1.02. The molecule has 0 bridgehead atoms. The summed E-state index contributed by atoms with van der Waals surface area (Å²) in [6.45, 7) is 2.03. The highest BCUT2D eigenvalue weighted by Gasteiger charge is 2.22. The van der Waals surface area contributed by atoms with Crippen molar-refractivity contribution in [2.45, 2.75) is 12.1 Å². The molecule has 0 saturated heterocycles. The van der Waals surface area contributed by atoms with Gasteiger partial charge in [0, 0.05) is 6.92 Å². The Labute approximate surface area is 117 Å². The maximum Gasteiger partial charge on any atom is 0.297 e. The maximum atomic E-state index is 4.50. The van der Waals surface area contributed by atoms with E-state index in [1.807, 2.05) is 76.8 Å². The van der Waals surface area contributed by atoms with Gasteiger partial charge in [0.15, 0.2) is 5.69 Å². The van der Waals surface area contributed by atoms with Gasteiger partial charge in [0.2, 0.25) is 0 Å². The lowest BCUT2D eigenvalue weighted by atomic mass is 10.3. The van der Waals surface area contributed by atoms with Crippen molar-refractivity contribution in [1.29, 1.82) is 0 Å². The number of rotatable bonds is 2. The Balaban J connectivity index is 2.17. The van der Waals surface area contributed by atoms with Crippen LogP contribution in [0.15, 0.2) is 65.8 Å². The third-order valence-corrected chi connectivity index (χ3v) is 3.32. The third kappa shape index (κ3) is 2.15. The third-order valence-electron chi connectivity index (χ3n) is 3.03. The van der Waals surface area contributed by atoms with Gasteiger partial charge in [-0.2, -0.15) is 4.57 Å². The molecule has 0 radical (unpaired) electrons. The normalized spacial score (nSPS) is 10.6. The minimum atomic E-state index is 0.674. The van der Waals surface area contributed by atoms with E-state index in [2.05, 4.69) is 17.7 Å². The van der Waals surface area contributed by atoms with Gasteiger partial charge in [-0.3, -0.25) is 0 Å². The summed E-state index contributed by atoms with van der Waals surface area (Å²) >= 11 is 4.48. The summed E-state index contributed by atoms with van der Waals surface area (Å²) in [7, 11) is 0. The minimum absolute atomic E-state index is 0.674. The summed E-state index contributed by atoms with van der Waals surface area (Å²) in [6.07, 6.45) is 0. The Kier molecular flexibility index (Phi) is 3.09. The van der Waals surface area contributed by atoms with Gasteiger partial charge in [0.25, 0.3) is 11.0 Å². The molecule has 3 nitrogen and oxygen atoms in total. The molecular weight excluding hydrogens is 254 g/mol. The molecule has 2 aromatic carbocycles. The highest BCUT2D eigenvalue weighted by Crippen LogP contribution is 2.15. The highest BCUT2D eigenvalue weighted by molar-refractivity contribution is 7.80. The van der Waals surface area contributed by atoms with Crippen molar-refractivity contribution in [3.63, 3.8) is 0 Å². The highest BCUT2D eigenvalue weighted by atomic mass is 32.1. The Morgan fingerprint density at radius 2 is 1.53 bits per heavy atom. The first-order valence-electron chi connectivity index (χ1n) is 6.09. The second-order valence-corrected chi connectivity index (χ2v) is 4.67. The molecule has 1 aromatic heterocycles. The molecule has 0 atom stereocenters. The number of hydrogen-bond acceptors (Lipinski definition) is 2. The number of aromatic nitrogens is 3. The zero-order valence-electron chi connectivity index (χ0n) is 10.6. The second kappa shape index (κ2) is 4.90. The van der Waals surface area contributed by atoms with Gasteiger partial charge < -0.3 is 0 Å². The van der Waals surface area contributed by atoms with Gasteiger partial charge in [-0.1, -0.05) is 53.7 Å². The Morgan fingerprint density at radius 3 is 2.16 bits per heavy atom. The quantitative estimate of drug-likeness (QED) is 0.560. The minimum Gasteiger partial charge on any atom is -0.170 e. The van der Waals surface area contributed by atoms with E-state index >= 15 is 0 Å². The van der Waals surface area contributed by atoms with E-state index in [-0.39, 0.29) is 0 Å². The lowest BCUT2D eigenvalue weighted by Gasteiger charge is -1.98. The van der Waals surface area contributed by atoms with Crippen molar-refractivity contribution in [2.24, 2.45) is 0 Å². The van der Waals surface area contributed by atoms with Crippen LogP contribution < -0.4 is 4.68 Å². The molecule has 0 saturated carbocycles. The van der Waals surface area contributed by atoms with Crippen LogP contribution in [-0.4, -0.2) is 9.67 Å². The second-order valence-electron chi connectivity index (χ2n) is 4.27. The maximum absolute atomic E-state index is 4.50. The summed E-state index contributed by atoms with van der Waals surface area (Å²) in [5.41, 5.74) is 2.09. The van der Waals surface area contributed by atoms with Crippen LogP contribution >= 0.6 is 12.6 Å². The Bertz CT molecular complexity index is 690. The first-order valence-corrected chi connectivity index (χ1v) is 6.53. The molecule has 3 rings (SSSR count). The van der Waals surface area contributed by atoms with Crippen LogP contribution in [0.25, 0.3) is 11.4 Å². The first kappa shape index (κ1) is 12.0. The Morgan fingerprint density at radius 1 is 0.947 bits per heavy atom. The fourth-order valence-corrected chi connectivity index (χ4v) is 2.49. The van der Waals surface area contributed by atoms with Crippen molar-refractivity contribution >= 4 is 12.6 Å². The number of thiol groups is 1. The summed E-state index contributed by atoms with van der Waals surface area (Å²) < 4.78 is 3.92. The van der Waals surface area contributed by atoms with Gasteiger partial charge in [-0.25, -0.2) is 0 Å². The molecule has 0 aliphatic heterocycles. The fraction of sp³-hybridized carbons (Fsp3) is 0.0667. The lowest BCUT2D eigenvalue weighted by molar-refractivity contribution is -0.665. The molecule has 4 heteroatoms. The summed E-state index contributed by atoms with van der Waals surface area (Å²) in [4.78, 5) is 0. The monoisotopic (exact) mass is 268 g/mol. The molecule has 0 N–H and O–H groups in total. The summed E-state index contributed by atoms with van der Waals surface area (Å²) in [6, 6.07) is 20.2.